The molecule has 1 aromatic rings. The van der Waals surface area contributed by atoms with Crippen molar-refractivity contribution < 1.29 is 9.90 Å². The second-order valence-electron chi connectivity index (χ2n) is 6.15. The van der Waals surface area contributed by atoms with Gasteiger partial charge < -0.3 is 14.9 Å². The highest BCUT2D eigenvalue weighted by atomic mass is 35.5. The molecule has 0 aliphatic carbocycles. The lowest BCUT2D eigenvalue weighted by Gasteiger charge is -2.46. The van der Waals surface area contributed by atoms with Crippen LogP contribution in [0, 0.1) is 5.92 Å². The lowest BCUT2D eigenvalue weighted by Crippen LogP contribution is -2.53. The fourth-order valence-corrected chi connectivity index (χ4v) is 3.86. The van der Waals surface area contributed by atoms with E-state index in [4.69, 9.17) is 11.6 Å². The largest absolute Gasteiger partial charge is 0.507 e. The first kappa shape index (κ1) is 14.7. The summed E-state index contributed by atoms with van der Waals surface area (Å²) in [4.78, 5) is 16.9. The molecule has 21 heavy (non-hydrogen) atoms. The number of rotatable bonds is 1. The minimum absolute atomic E-state index is 0.0321. The van der Waals surface area contributed by atoms with Gasteiger partial charge in [0.25, 0.3) is 5.91 Å². The zero-order chi connectivity index (χ0) is 15.0. The summed E-state index contributed by atoms with van der Waals surface area (Å²) in [5, 5.41) is 10.4. The van der Waals surface area contributed by atoms with E-state index >= 15 is 0 Å². The molecule has 0 bridgehead atoms. The molecule has 2 aliphatic heterocycles. The number of piperidine rings is 2. The number of carbonyl (C=O) groups is 1. The van der Waals surface area contributed by atoms with Crippen LogP contribution in [0.1, 0.15) is 29.6 Å². The Labute approximate surface area is 130 Å². The van der Waals surface area contributed by atoms with Crippen LogP contribution in [0.5, 0.6) is 5.75 Å². The summed E-state index contributed by atoms with van der Waals surface area (Å²) in [6.07, 6.45) is 3.40. The predicted molar refractivity (Wildman–Crippen MR) is 82.8 cm³/mol. The first-order valence-electron chi connectivity index (χ1n) is 7.54. The molecule has 2 fully saturated rings. The molecule has 2 saturated heterocycles. The molecule has 0 saturated carbocycles. The van der Waals surface area contributed by atoms with E-state index in [1.165, 1.54) is 18.9 Å². The first-order chi connectivity index (χ1) is 10.1. The van der Waals surface area contributed by atoms with Crippen molar-refractivity contribution >= 4 is 17.5 Å². The summed E-state index contributed by atoms with van der Waals surface area (Å²) in [6.45, 7) is 2.70. The van der Waals surface area contributed by atoms with Gasteiger partial charge in [0.15, 0.2) is 0 Å². The number of nitrogens with zero attached hydrogens (tertiary/aromatic N) is 2. The molecule has 2 atom stereocenters. The van der Waals surface area contributed by atoms with Gasteiger partial charge in [-0.3, -0.25) is 4.79 Å². The molecule has 114 valence electrons. The van der Waals surface area contributed by atoms with Gasteiger partial charge in [-0.25, -0.2) is 0 Å². The van der Waals surface area contributed by atoms with Crippen LogP contribution >= 0.6 is 11.6 Å². The number of fused-ring (bicyclic) bond motifs is 1. The maximum atomic E-state index is 12.6. The third-order valence-corrected chi connectivity index (χ3v) is 5.06. The van der Waals surface area contributed by atoms with Crippen LogP contribution in [-0.4, -0.2) is 53.5 Å². The summed E-state index contributed by atoms with van der Waals surface area (Å²) >= 11 is 5.82. The quantitative estimate of drug-likeness (QED) is 0.867. The number of phenolic OH excluding ortho intramolecular Hbond substituents is 1. The maximum Gasteiger partial charge on any atom is 0.257 e. The van der Waals surface area contributed by atoms with E-state index in [-0.39, 0.29) is 11.7 Å². The van der Waals surface area contributed by atoms with E-state index in [9.17, 15) is 9.90 Å². The van der Waals surface area contributed by atoms with Gasteiger partial charge in [0.2, 0.25) is 0 Å². The zero-order valence-corrected chi connectivity index (χ0v) is 13.0. The molecular weight excluding hydrogens is 288 g/mol. The highest BCUT2D eigenvalue weighted by Gasteiger charge is 2.36. The third-order valence-electron chi connectivity index (χ3n) is 4.82. The van der Waals surface area contributed by atoms with Gasteiger partial charge in [0.05, 0.1) is 5.56 Å². The van der Waals surface area contributed by atoms with Crippen LogP contribution < -0.4 is 0 Å². The van der Waals surface area contributed by atoms with Gasteiger partial charge >= 0.3 is 0 Å². The second kappa shape index (κ2) is 5.85. The molecular formula is C16H21ClN2O2. The van der Waals surface area contributed by atoms with Gasteiger partial charge in [0.1, 0.15) is 5.75 Å². The van der Waals surface area contributed by atoms with Gasteiger partial charge in [-0.05, 0) is 57.0 Å². The van der Waals surface area contributed by atoms with E-state index in [2.05, 4.69) is 11.9 Å². The molecule has 4 nitrogen and oxygen atoms in total. The Morgan fingerprint density at radius 1 is 1.33 bits per heavy atom. The summed E-state index contributed by atoms with van der Waals surface area (Å²) in [5.41, 5.74) is 0.349. The van der Waals surface area contributed by atoms with Crippen molar-refractivity contribution in [3.63, 3.8) is 0 Å². The Balaban J connectivity index is 1.74. The van der Waals surface area contributed by atoms with Crippen LogP contribution in [-0.2, 0) is 0 Å². The number of aromatic hydroxyl groups is 1. The molecule has 2 aliphatic rings. The number of phenols is 1. The lowest BCUT2D eigenvalue weighted by molar-refractivity contribution is 0.0315. The molecule has 5 heteroatoms. The number of hydrogen-bond donors (Lipinski definition) is 1. The highest BCUT2D eigenvalue weighted by Crippen LogP contribution is 2.31. The van der Waals surface area contributed by atoms with Crippen LogP contribution in [0.4, 0.5) is 0 Å². The molecule has 1 N–H and O–H groups in total. The highest BCUT2D eigenvalue weighted by molar-refractivity contribution is 6.30. The molecule has 2 unspecified atom stereocenters. The summed E-state index contributed by atoms with van der Waals surface area (Å²) in [6, 6.07) is 5.28. The van der Waals surface area contributed by atoms with E-state index in [0.29, 0.717) is 22.5 Å². The van der Waals surface area contributed by atoms with Crippen LogP contribution in [0.2, 0.25) is 5.02 Å². The number of hydrogen-bond acceptors (Lipinski definition) is 3. The van der Waals surface area contributed by atoms with E-state index in [1.54, 1.807) is 12.1 Å². The van der Waals surface area contributed by atoms with Crippen molar-refractivity contribution in [2.24, 2.45) is 5.92 Å². The fraction of sp³-hybridized carbons (Fsp3) is 0.562. The first-order valence-corrected chi connectivity index (χ1v) is 7.92. The maximum absolute atomic E-state index is 12.6. The van der Waals surface area contributed by atoms with Crippen molar-refractivity contribution in [2.75, 3.05) is 26.7 Å². The summed E-state index contributed by atoms with van der Waals surface area (Å²) < 4.78 is 0. The number of amides is 1. The van der Waals surface area contributed by atoms with Crippen LogP contribution in [0.15, 0.2) is 18.2 Å². The number of halogens is 1. The normalized spacial score (nSPS) is 26.5. The number of carbonyl (C=O) groups excluding carboxylic acids is 1. The summed E-state index contributed by atoms with van der Waals surface area (Å²) in [5.74, 6) is 0.433. The minimum atomic E-state index is -0.0872. The lowest BCUT2D eigenvalue weighted by atomic mass is 9.84. The molecule has 1 amide bonds. The monoisotopic (exact) mass is 308 g/mol. The fourth-order valence-electron chi connectivity index (χ4n) is 3.69. The second-order valence-corrected chi connectivity index (χ2v) is 6.59. The third kappa shape index (κ3) is 2.87. The van der Waals surface area contributed by atoms with E-state index in [1.807, 2.05) is 4.90 Å². The summed E-state index contributed by atoms with van der Waals surface area (Å²) in [7, 11) is 2.18. The van der Waals surface area contributed by atoms with Gasteiger partial charge in [-0.15, -0.1) is 0 Å². The SMILES string of the molecule is CN1CCCC2CN(C(=O)c3ccc(Cl)cc3O)CCC21. The van der Waals surface area contributed by atoms with Crippen LogP contribution in [0.3, 0.4) is 0 Å². The van der Waals surface area contributed by atoms with Gasteiger partial charge in [0, 0.05) is 24.2 Å². The predicted octanol–water partition coefficient (Wildman–Crippen LogP) is 2.60. The molecule has 0 spiro atoms. The van der Waals surface area contributed by atoms with Crippen molar-refractivity contribution in [1.82, 2.24) is 9.80 Å². The van der Waals surface area contributed by atoms with E-state index < -0.39 is 0 Å². The van der Waals surface area contributed by atoms with Crippen molar-refractivity contribution in [3.05, 3.63) is 28.8 Å². The topological polar surface area (TPSA) is 43.8 Å². The van der Waals surface area contributed by atoms with Gasteiger partial charge in [-0.1, -0.05) is 11.6 Å². The Morgan fingerprint density at radius 2 is 2.14 bits per heavy atom. The molecule has 0 aromatic heterocycles. The van der Waals surface area contributed by atoms with Crippen molar-refractivity contribution in [3.8, 4) is 5.75 Å². The Hall–Kier alpha value is -1.26. The smallest absolute Gasteiger partial charge is 0.257 e. The van der Waals surface area contributed by atoms with Gasteiger partial charge in [-0.2, -0.15) is 0 Å². The average molecular weight is 309 g/mol. The standard InChI is InChI=1S/C16H21ClN2O2/c1-18-7-2-3-11-10-19(8-6-14(11)18)16(21)13-5-4-12(17)9-15(13)20/h4-5,9,11,14,20H,2-3,6-8,10H2,1H3. The molecule has 1 aromatic carbocycles. The number of benzene rings is 1. The van der Waals surface area contributed by atoms with Crippen molar-refractivity contribution in [2.45, 2.75) is 25.3 Å². The Kier molecular flexibility index (Phi) is 4.09. The molecule has 0 radical (unpaired) electrons. The average Bonchev–Trinajstić information content (AvgIpc) is 2.46. The zero-order valence-electron chi connectivity index (χ0n) is 12.3. The van der Waals surface area contributed by atoms with E-state index in [0.717, 1.165) is 26.1 Å². The Morgan fingerprint density at radius 3 is 2.90 bits per heavy atom. The van der Waals surface area contributed by atoms with Crippen LogP contribution in [0.25, 0.3) is 0 Å². The molecule has 3 rings (SSSR count). The van der Waals surface area contributed by atoms with Crippen molar-refractivity contribution in [1.29, 1.82) is 0 Å². The Bertz CT molecular complexity index is 549. The molecule has 2 heterocycles. The number of likely N-dealkylation sites (tertiary alicyclic amines) is 2. The minimum Gasteiger partial charge on any atom is -0.507 e.